The Morgan fingerprint density at radius 1 is 0.935 bits per heavy atom. The Morgan fingerprint density at radius 2 is 1.55 bits per heavy atom. The summed E-state index contributed by atoms with van der Waals surface area (Å²) in [5.41, 5.74) is 0.868. The van der Waals surface area contributed by atoms with Crippen LogP contribution < -0.4 is 14.4 Å². The lowest BCUT2D eigenvalue weighted by Gasteiger charge is -2.28. The van der Waals surface area contributed by atoms with Crippen molar-refractivity contribution < 1.29 is 23.9 Å². The van der Waals surface area contributed by atoms with Gasteiger partial charge in [-0.25, -0.2) is 4.79 Å². The summed E-state index contributed by atoms with van der Waals surface area (Å²) in [6, 6.07) is 13.2. The number of carbonyl (C=O) groups is 3. The Balaban J connectivity index is 1.33. The molecule has 1 heterocycles. The zero-order valence-electron chi connectivity index (χ0n) is 16.5. The topological polar surface area (TPSA) is 72.9 Å². The van der Waals surface area contributed by atoms with Crippen LogP contribution in [0.2, 0.25) is 0 Å². The quantitative estimate of drug-likeness (QED) is 0.248. The van der Waals surface area contributed by atoms with Gasteiger partial charge >= 0.3 is 5.97 Å². The molecule has 3 aliphatic rings. The monoisotopic (exact) mass is 547 g/mol. The second-order valence-corrected chi connectivity index (χ2v) is 10.2. The highest BCUT2D eigenvalue weighted by Crippen LogP contribution is 2.60. The van der Waals surface area contributed by atoms with Crippen LogP contribution in [-0.4, -0.2) is 34.5 Å². The van der Waals surface area contributed by atoms with Crippen molar-refractivity contribution in [3.63, 3.8) is 0 Å². The summed E-state index contributed by atoms with van der Waals surface area (Å²) >= 11 is 7.39. The normalized spacial score (nSPS) is 31.1. The van der Waals surface area contributed by atoms with E-state index in [1.54, 1.807) is 48.5 Å². The van der Waals surface area contributed by atoms with Gasteiger partial charge in [0.25, 0.3) is 0 Å². The fourth-order valence-corrected chi connectivity index (χ4v) is 7.06. The van der Waals surface area contributed by atoms with Gasteiger partial charge in [-0.05, 0) is 60.7 Å². The number of alkyl halides is 2. The molecule has 160 valence electrons. The zero-order valence-corrected chi connectivity index (χ0v) is 19.7. The van der Waals surface area contributed by atoms with Crippen LogP contribution in [0.15, 0.2) is 48.5 Å². The van der Waals surface area contributed by atoms with E-state index in [0.717, 1.165) is 6.42 Å². The van der Waals surface area contributed by atoms with E-state index >= 15 is 0 Å². The molecule has 6 atom stereocenters. The summed E-state index contributed by atoms with van der Waals surface area (Å²) in [6.45, 7) is 0. The molecule has 0 unspecified atom stereocenters. The molecule has 5 rings (SSSR count). The van der Waals surface area contributed by atoms with Gasteiger partial charge in [0.1, 0.15) is 11.5 Å². The van der Waals surface area contributed by atoms with Crippen LogP contribution in [0.25, 0.3) is 0 Å². The maximum Gasteiger partial charge on any atom is 0.343 e. The molecule has 1 saturated heterocycles. The highest BCUT2D eigenvalue weighted by molar-refractivity contribution is 9.12. The molecule has 2 saturated carbocycles. The van der Waals surface area contributed by atoms with E-state index < -0.39 is 5.97 Å². The van der Waals surface area contributed by atoms with Crippen LogP contribution in [-0.2, 0) is 9.59 Å². The van der Waals surface area contributed by atoms with Crippen molar-refractivity contribution in [1.82, 2.24) is 0 Å². The molecule has 0 N–H and O–H groups in total. The van der Waals surface area contributed by atoms with E-state index in [0.29, 0.717) is 22.7 Å². The van der Waals surface area contributed by atoms with Gasteiger partial charge in [-0.3, -0.25) is 14.5 Å². The fourth-order valence-electron chi connectivity index (χ4n) is 5.18. The minimum Gasteiger partial charge on any atom is -0.497 e. The first-order chi connectivity index (χ1) is 14.9. The summed E-state index contributed by atoms with van der Waals surface area (Å²) in [6.07, 6.45) is 0.894. The molecule has 8 heteroatoms. The average Bonchev–Trinajstić information content (AvgIpc) is 3.39. The minimum absolute atomic E-state index is 0.132. The van der Waals surface area contributed by atoms with Crippen molar-refractivity contribution in [3.8, 4) is 11.5 Å². The number of benzene rings is 2. The first kappa shape index (κ1) is 20.7. The summed E-state index contributed by atoms with van der Waals surface area (Å²) in [5, 5.41) is 0. The fraction of sp³-hybridized carbons (Fsp3) is 0.348. The molecule has 31 heavy (non-hydrogen) atoms. The number of hydrogen-bond acceptors (Lipinski definition) is 5. The zero-order chi connectivity index (χ0) is 21.9. The van der Waals surface area contributed by atoms with Crippen molar-refractivity contribution in [2.45, 2.75) is 16.1 Å². The first-order valence-electron chi connectivity index (χ1n) is 10.0. The van der Waals surface area contributed by atoms with Gasteiger partial charge in [0, 0.05) is 9.65 Å². The Bertz CT molecular complexity index is 1040. The number of carbonyl (C=O) groups excluding carboxylic acids is 3. The van der Waals surface area contributed by atoms with E-state index in [9.17, 15) is 14.4 Å². The molecule has 0 radical (unpaired) electrons. The van der Waals surface area contributed by atoms with Gasteiger partial charge in [-0.15, -0.1) is 0 Å². The predicted molar refractivity (Wildman–Crippen MR) is 121 cm³/mol. The molecule has 2 amide bonds. The number of fused-ring (bicyclic) bond motifs is 5. The largest absolute Gasteiger partial charge is 0.497 e. The number of hydrogen-bond donors (Lipinski definition) is 0. The molecule has 0 aromatic heterocycles. The van der Waals surface area contributed by atoms with Crippen molar-refractivity contribution >= 4 is 55.3 Å². The molecule has 2 aliphatic carbocycles. The lowest BCUT2D eigenvalue weighted by atomic mass is 9.81. The summed E-state index contributed by atoms with van der Waals surface area (Å²) < 4.78 is 10.6. The van der Waals surface area contributed by atoms with Crippen LogP contribution in [0.4, 0.5) is 5.69 Å². The third kappa shape index (κ3) is 3.22. The molecule has 2 aromatic carbocycles. The van der Waals surface area contributed by atoms with E-state index in [2.05, 4.69) is 31.9 Å². The smallest absolute Gasteiger partial charge is 0.343 e. The van der Waals surface area contributed by atoms with E-state index in [4.69, 9.17) is 9.47 Å². The molecule has 0 spiro atoms. The lowest BCUT2D eigenvalue weighted by Crippen LogP contribution is -2.37. The molecule has 3 fully saturated rings. The Kier molecular flexibility index (Phi) is 5.17. The van der Waals surface area contributed by atoms with Crippen molar-refractivity contribution in [2.75, 3.05) is 12.0 Å². The van der Waals surface area contributed by atoms with Crippen LogP contribution in [0.1, 0.15) is 16.8 Å². The van der Waals surface area contributed by atoms with Crippen LogP contribution >= 0.6 is 31.9 Å². The third-order valence-electron chi connectivity index (χ3n) is 6.60. The van der Waals surface area contributed by atoms with Gasteiger partial charge in [-0.2, -0.15) is 0 Å². The Labute approximate surface area is 196 Å². The maximum absolute atomic E-state index is 13.1. The van der Waals surface area contributed by atoms with Crippen molar-refractivity contribution in [1.29, 1.82) is 0 Å². The number of rotatable bonds is 4. The highest BCUT2D eigenvalue weighted by atomic mass is 79.9. The van der Waals surface area contributed by atoms with Crippen LogP contribution in [0.5, 0.6) is 11.5 Å². The van der Waals surface area contributed by atoms with E-state index in [1.807, 2.05) is 0 Å². The number of halogens is 2. The third-order valence-corrected chi connectivity index (χ3v) is 9.80. The lowest BCUT2D eigenvalue weighted by molar-refractivity contribution is -0.123. The van der Waals surface area contributed by atoms with Gasteiger partial charge < -0.3 is 9.47 Å². The molecule has 1 aliphatic heterocycles. The number of esters is 1. The molecule has 2 bridgehead atoms. The van der Waals surface area contributed by atoms with Gasteiger partial charge in [0.15, 0.2) is 0 Å². The second kappa shape index (κ2) is 7.74. The predicted octanol–water partition coefficient (Wildman–Crippen LogP) is 4.20. The molecular formula is C23H19Br2NO5. The molecule has 2 aromatic rings. The average molecular weight is 549 g/mol. The number of nitrogens with zero attached hydrogens (tertiary/aromatic N) is 1. The van der Waals surface area contributed by atoms with Crippen LogP contribution in [0.3, 0.4) is 0 Å². The summed E-state index contributed by atoms with van der Waals surface area (Å²) in [4.78, 5) is 40.3. The highest BCUT2D eigenvalue weighted by Gasteiger charge is 2.66. The van der Waals surface area contributed by atoms with Crippen molar-refractivity contribution in [3.05, 3.63) is 54.1 Å². The number of imide groups is 1. The van der Waals surface area contributed by atoms with Crippen molar-refractivity contribution in [2.24, 2.45) is 23.7 Å². The number of methoxy groups -OCH3 is 1. The minimum atomic E-state index is -0.516. The first-order valence-corrected chi connectivity index (χ1v) is 11.9. The van der Waals surface area contributed by atoms with E-state index in [1.165, 1.54) is 12.0 Å². The maximum atomic E-state index is 13.1. The summed E-state index contributed by atoms with van der Waals surface area (Å²) in [7, 11) is 1.53. The number of anilines is 1. The molecule has 6 nitrogen and oxygen atoms in total. The number of ether oxygens (including phenoxy) is 2. The summed E-state index contributed by atoms with van der Waals surface area (Å²) in [5.74, 6) is -0.0724. The molecular weight excluding hydrogens is 530 g/mol. The Hall–Kier alpha value is -2.19. The van der Waals surface area contributed by atoms with Crippen LogP contribution in [0, 0.1) is 23.7 Å². The Morgan fingerprint density at radius 3 is 2.13 bits per heavy atom. The SMILES string of the molecule is COc1cccc(C(=O)Oc2ccc(N3C(=O)[C@H]4[C@@H]5C[C@@H]([C@@H](Br)[C@H]5Br)[C@@H]4C3=O)cc2)c1. The number of amides is 2. The van der Waals surface area contributed by atoms with E-state index in [-0.39, 0.29) is 45.1 Å². The standard InChI is InChI=1S/C23H19Br2NO5/c1-30-14-4-2-3-11(9-14)23(29)31-13-7-5-12(6-8-13)26-21(27)17-15-10-16(18(17)22(26)28)20(25)19(15)24/h2-9,15-20H,10H2,1H3/t15-,16+,17-,18-,19-,20+/m0/s1. The van der Waals surface area contributed by atoms with Gasteiger partial charge in [-0.1, -0.05) is 37.9 Å². The second-order valence-electron chi connectivity index (χ2n) is 8.13. The van der Waals surface area contributed by atoms with Gasteiger partial charge in [0.05, 0.1) is 30.2 Å². The van der Waals surface area contributed by atoms with Gasteiger partial charge in [0.2, 0.25) is 11.8 Å².